The zero-order valence-electron chi connectivity index (χ0n) is 14.2. The molecule has 126 valence electrons. The monoisotopic (exact) mass is 316 g/mol. The van der Waals surface area contributed by atoms with E-state index in [0.29, 0.717) is 18.2 Å². The molecule has 23 heavy (non-hydrogen) atoms. The maximum absolute atomic E-state index is 12.4. The van der Waals surface area contributed by atoms with Gasteiger partial charge in [0, 0.05) is 63.5 Å². The number of likely N-dealkylation sites (tertiary alicyclic amines) is 1. The quantitative estimate of drug-likeness (QED) is 0.842. The number of piperidine rings is 1. The summed E-state index contributed by atoms with van der Waals surface area (Å²) in [5.41, 5.74) is 1.20. The first-order valence-electron chi connectivity index (χ1n) is 8.82. The average Bonchev–Trinajstić information content (AvgIpc) is 2.61. The molecular formula is C18H28N4O. The van der Waals surface area contributed by atoms with Crippen LogP contribution < -0.4 is 0 Å². The topological polar surface area (TPSA) is 39.7 Å². The third-order valence-corrected chi connectivity index (χ3v) is 5.11. The molecule has 3 heterocycles. The zero-order chi connectivity index (χ0) is 16.1. The van der Waals surface area contributed by atoms with Crippen LogP contribution in [0.1, 0.15) is 30.9 Å². The fourth-order valence-electron chi connectivity index (χ4n) is 3.59. The lowest BCUT2D eigenvalue weighted by atomic mass is 9.94. The van der Waals surface area contributed by atoms with Gasteiger partial charge in [0.2, 0.25) is 5.91 Å². The molecule has 3 rings (SSSR count). The van der Waals surface area contributed by atoms with Crippen molar-refractivity contribution >= 4 is 5.91 Å². The predicted octanol–water partition coefficient (Wildman–Crippen LogP) is 1.43. The molecular weight excluding hydrogens is 288 g/mol. The maximum Gasteiger partial charge on any atom is 0.223 e. The number of aromatic nitrogens is 1. The largest absolute Gasteiger partial charge is 0.340 e. The number of carbonyl (C=O) groups is 1. The van der Waals surface area contributed by atoms with Gasteiger partial charge in [-0.05, 0) is 38.6 Å². The lowest BCUT2D eigenvalue weighted by molar-refractivity contribution is -0.133. The van der Waals surface area contributed by atoms with E-state index in [0.717, 1.165) is 45.8 Å². The van der Waals surface area contributed by atoms with Gasteiger partial charge in [-0.15, -0.1) is 0 Å². The number of hydrogen-bond acceptors (Lipinski definition) is 4. The maximum atomic E-state index is 12.4. The van der Waals surface area contributed by atoms with Crippen LogP contribution in [0.2, 0.25) is 0 Å². The molecule has 2 aliphatic rings. The number of nitrogens with zero attached hydrogens (tertiary/aromatic N) is 4. The van der Waals surface area contributed by atoms with Crippen LogP contribution in [0.4, 0.5) is 0 Å². The Labute approximate surface area is 139 Å². The molecule has 0 radical (unpaired) electrons. The van der Waals surface area contributed by atoms with E-state index in [1.165, 1.54) is 18.5 Å². The fraction of sp³-hybridized carbons (Fsp3) is 0.667. The van der Waals surface area contributed by atoms with E-state index in [4.69, 9.17) is 0 Å². The molecule has 0 aliphatic carbocycles. The van der Waals surface area contributed by atoms with Crippen LogP contribution in [0.15, 0.2) is 24.4 Å². The lowest BCUT2D eigenvalue weighted by Crippen LogP contribution is -2.48. The molecule has 2 fully saturated rings. The van der Waals surface area contributed by atoms with Crippen molar-refractivity contribution in [1.29, 1.82) is 0 Å². The lowest BCUT2D eigenvalue weighted by Gasteiger charge is -2.35. The van der Waals surface area contributed by atoms with Gasteiger partial charge in [0.25, 0.3) is 0 Å². The summed E-state index contributed by atoms with van der Waals surface area (Å²) in [6, 6.07) is 6.17. The highest BCUT2D eigenvalue weighted by Gasteiger charge is 2.24. The van der Waals surface area contributed by atoms with Gasteiger partial charge in [0.05, 0.1) is 0 Å². The summed E-state index contributed by atoms with van der Waals surface area (Å²) in [7, 11) is 2.12. The van der Waals surface area contributed by atoms with Crippen molar-refractivity contribution in [2.75, 3.05) is 52.9 Å². The molecule has 0 spiro atoms. The normalized spacial score (nSPS) is 23.9. The second-order valence-electron chi connectivity index (χ2n) is 6.83. The summed E-state index contributed by atoms with van der Waals surface area (Å²) in [4.78, 5) is 23.6. The molecule has 1 aromatic heterocycles. The molecule has 0 aromatic carbocycles. The van der Waals surface area contributed by atoms with Crippen LogP contribution in [0.25, 0.3) is 0 Å². The minimum absolute atomic E-state index is 0.318. The highest BCUT2D eigenvalue weighted by molar-refractivity contribution is 5.76. The number of rotatable bonds is 4. The van der Waals surface area contributed by atoms with E-state index < -0.39 is 0 Å². The smallest absolute Gasteiger partial charge is 0.223 e. The summed E-state index contributed by atoms with van der Waals surface area (Å²) in [5.74, 6) is 0.835. The van der Waals surface area contributed by atoms with E-state index >= 15 is 0 Å². The zero-order valence-corrected chi connectivity index (χ0v) is 14.2. The molecule has 5 nitrogen and oxygen atoms in total. The average molecular weight is 316 g/mol. The Hall–Kier alpha value is -1.46. The van der Waals surface area contributed by atoms with Crippen LogP contribution in [0.3, 0.4) is 0 Å². The number of carbonyl (C=O) groups excluding carboxylic acids is 1. The highest BCUT2D eigenvalue weighted by Crippen LogP contribution is 2.25. The minimum Gasteiger partial charge on any atom is -0.340 e. The van der Waals surface area contributed by atoms with E-state index in [2.05, 4.69) is 34.0 Å². The Kier molecular flexibility index (Phi) is 5.62. The van der Waals surface area contributed by atoms with Crippen molar-refractivity contribution < 1.29 is 4.79 Å². The Morgan fingerprint density at radius 3 is 2.78 bits per heavy atom. The van der Waals surface area contributed by atoms with Crippen molar-refractivity contribution in [3.05, 3.63) is 30.1 Å². The summed E-state index contributed by atoms with van der Waals surface area (Å²) >= 11 is 0. The van der Waals surface area contributed by atoms with E-state index in [-0.39, 0.29) is 0 Å². The molecule has 2 saturated heterocycles. The van der Waals surface area contributed by atoms with Crippen LogP contribution in [-0.4, -0.2) is 78.5 Å². The van der Waals surface area contributed by atoms with Crippen LogP contribution in [-0.2, 0) is 4.79 Å². The first-order chi connectivity index (χ1) is 11.2. The number of pyridine rings is 1. The predicted molar refractivity (Wildman–Crippen MR) is 91.3 cm³/mol. The first-order valence-corrected chi connectivity index (χ1v) is 8.82. The van der Waals surface area contributed by atoms with Crippen molar-refractivity contribution in [1.82, 2.24) is 19.7 Å². The third-order valence-electron chi connectivity index (χ3n) is 5.11. The van der Waals surface area contributed by atoms with Crippen molar-refractivity contribution in [3.63, 3.8) is 0 Å². The van der Waals surface area contributed by atoms with Gasteiger partial charge < -0.3 is 14.7 Å². The minimum atomic E-state index is 0.318. The molecule has 0 unspecified atom stereocenters. The molecule has 0 saturated carbocycles. The Balaban J connectivity index is 1.45. The van der Waals surface area contributed by atoms with Gasteiger partial charge in [0.15, 0.2) is 0 Å². The van der Waals surface area contributed by atoms with Crippen LogP contribution >= 0.6 is 0 Å². The summed E-state index contributed by atoms with van der Waals surface area (Å²) in [6.45, 7) is 6.78. The van der Waals surface area contributed by atoms with Crippen LogP contribution in [0, 0.1) is 0 Å². The highest BCUT2D eigenvalue weighted by atomic mass is 16.2. The summed E-state index contributed by atoms with van der Waals surface area (Å²) < 4.78 is 0. The van der Waals surface area contributed by atoms with Gasteiger partial charge in [-0.25, -0.2) is 0 Å². The second-order valence-corrected chi connectivity index (χ2v) is 6.83. The van der Waals surface area contributed by atoms with E-state index in [1.807, 2.05) is 17.2 Å². The molecule has 5 heteroatoms. The molecule has 0 N–H and O–H groups in total. The standard InChI is InChI=1S/C18H28N4O/c1-20-11-13-22(14-12-20)18(23)7-10-21-9-4-5-16(15-21)17-6-2-3-8-19-17/h2-3,6,8,16H,4-5,7,9-15H2,1H3/t16-/m1/s1. The fourth-order valence-corrected chi connectivity index (χ4v) is 3.59. The third kappa shape index (κ3) is 4.52. The van der Waals surface area contributed by atoms with Crippen molar-refractivity contribution in [3.8, 4) is 0 Å². The van der Waals surface area contributed by atoms with Gasteiger partial charge in [-0.2, -0.15) is 0 Å². The van der Waals surface area contributed by atoms with Gasteiger partial charge in [-0.3, -0.25) is 9.78 Å². The SMILES string of the molecule is CN1CCN(C(=O)CCN2CCC[C@@H](c3ccccn3)C2)CC1. The van der Waals surface area contributed by atoms with Gasteiger partial charge >= 0.3 is 0 Å². The van der Waals surface area contributed by atoms with E-state index in [1.54, 1.807) is 0 Å². The van der Waals surface area contributed by atoms with Gasteiger partial charge in [-0.1, -0.05) is 6.07 Å². The molecule has 1 atom stereocenters. The van der Waals surface area contributed by atoms with E-state index in [9.17, 15) is 4.79 Å². The summed E-state index contributed by atoms with van der Waals surface area (Å²) in [6.07, 6.45) is 4.94. The number of amides is 1. The molecule has 2 aliphatic heterocycles. The summed E-state index contributed by atoms with van der Waals surface area (Å²) in [5, 5.41) is 0. The molecule has 1 amide bonds. The van der Waals surface area contributed by atoms with Gasteiger partial charge in [0.1, 0.15) is 0 Å². The van der Waals surface area contributed by atoms with Crippen LogP contribution in [0.5, 0.6) is 0 Å². The Morgan fingerprint density at radius 1 is 1.22 bits per heavy atom. The van der Waals surface area contributed by atoms with Crippen molar-refractivity contribution in [2.24, 2.45) is 0 Å². The second kappa shape index (κ2) is 7.88. The first kappa shape index (κ1) is 16.4. The molecule has 1 aromatic rings. The number of hydrogen-bond donors (Lipinski definition) is 0. The Morgan fingerprint density at radius 2 is 2.04 bits per heavy atom. The Bertz CT molecular complexity index is 499. The van der Waals surface area contributed by atoms with Crippen molar-refractivity contribution in [2.45, 2.75) is 25.2 Å². The number of piperazine rings is 1. The number of likely N-dealkylation sites (N-methyl/N-ethyl adjacent to an activating group) is 1. The molecule has 0 bridgehead atoms.